The number of fused-ring (bicyclic) bond motifs is 1. The molecule has 4 rings (SSSR count). The van der Waals surface area contributed by atoms with Crippen LogP contribution in [-0.2, 0) is 32.6 Å². The second-order valence-electron chi connectivity index (χ2n) is 9.81. The van der Waals surface area contributed by atoms with E-state index in [4.69, 9.17) is 9.47 Å². The number of hydrogen-bond acceptors (Lipinski definition) is 6. The van der Waals surface area contributed by atoms with Crippen LogP contribution in [0.25, 0.3) is 0 Å². The van der Waals surface area contributed by atoms with Gasteiger partial charge in [0, 0.05) is 25.6 Å². The minimum atomic E-state index is -3.87. The van der Waals surface area contributed by atoms with Crippen LogP contribution < -0.4 is 19.1 Å². The van der Waals surface area contributed by atoms with Gasteiger partial charge in [-0.1, -0.05) is 67.1 Å². The number of amides is 2. The average molecular weight is 566 g/mol. The summed E-state index contributed by atoms with van der Waals surface area (Å²) < 4.78 is 37.7. The molecule has 0 radical (unpaired) electrons. The van der Waals surface area contributed by atoms with Crippen LogP contribution in [0.2, 0.25) is 0 Å². The van der Waals surface area contributed by atoms with Crippen molar-refractivity contribution >= 4 is 27.5 Å². The van der Waals surface area contributed by atoms with Gasteiger partial charge in [0.05, 0.1) is 11.9 Å². The Labute approximate surface area is 235 Å². The fourth-order valence-electron chi connectivity index (χ4n) is 4.58. The Kier molecular flexibility index (Phi) is 9.31. The number of benzene rings is 3. The van der Waals surface area contributed by atoms with Gasteiger partial charge in [-0.3, -0.25) is 13.9 Å². The highest BCUT2D eigenvalue weighted by Gasteiger charge is 2.33. The number of nitrogens with one attached hydrogen (secondary N) is 1. The molecule has 0 unspecified atom stereocenters. The predicted molar refractivity (Wildman–Crippen MR) is 154 cm³/mol. The van der Waals surface area contributed by atoms with Crippen LogP contribution in [-0.4, -0.2) is 57.3 Å². The van der Waals surface area contributed by atoms with E-state index in [-0.39, 0.29) is 31.4 Å². The van der Waals surface area contributed by atoms with Gasteiger partial charge < -0.3 is 19.7 Å². The normalized spacial score (nSPS) is 13.0. The summed E-state index contributed by atoms with van der Waals surface area (Å²) >= 11 is 0. The average Bonchev–Trinajstić information content (AvgIpc) is 3.40. The predicted octanol–water partition coefficient (Wildman–Crippen LogP) is 3.66. The second-order valence-corrected chi connectivity index (χ2v) is 11.7. The van der Waals surface area contributed by atoms with Gasteiger partial charge in [-0.2, -0.15) is 0 Å². The molecule has 0 saturated heterocycles. The zero-order valence-electron chi connectivity index (χ0n) is 23.0. The number of nitrogens with zero attached hydrogens (tertiary/aromatic N) is 2. The molecule has 1 heterocycles. The van der Waals surface area contributed by atoms with Gasteiger partial charge in [0.2, 0.25) is 28.6 Å². The maximum atomic E-state index is 14.1. The summed E-state index contributed by atoms with van der Waals surface area (Å²) in [5, 5.41) is 2.93. The molecular weight excluding hydrogens is 530 g/mol. The topological polar surface area (TPSA) is 105 Å². The van der Waals surface area contributed by atoms with Crippen LogP contribution in [0.5, 0.6) is 11.5 Å². The van der Waals surface area contributed by atoms with E-state index in [0.717, 1.165) is 33.7 Å². The number of sulfonamides is 1. The quantitative estimate of drug-likeness (QED) is 0.360. The Balaban J connectivity index is 1.72. The van der Waals surface area contributed by atoms with Gasteiger partial charge >= 0.3 is 0 Å². The van der Waals surface area contributed by atoms with Gasteiger partial charge in [-0.25, -0.2) is 8.42 Å². The minimum absolute atomic E-state index is 0.0366. The Hall–Kier alpha value is -4.05. The van der Waals surface area contributed by atoms with Crippen LogP contribution in [0.3, 0.4) is 0 Å². The molecule has 212 valence electrons. The van der Waals surface area contributed by atoms with Crippen LogP contribution in [0, 0.1) is 6.92 Å². The second kappa shape index (κ2) is 12.9. The highest BCUT2D eigenvalue weighted by Crippen LogP contribution is 2.36. The summed E-state index contributed by atoms with van der Waals surface area (Å²) in [5.74, 6) is 0.106. The van der Waals surface area contributed by atoms with Crippen LogP contribution >= 0.6 is 0 Å². The summed E-state index contributed by atoms with van der Waals surface area (Å²) in [6, 6.07) is 21.0. The van der Waals surface area contributed by atoms with Crippen molar-refractivity contribution in [2.75, 3.05) is 30.4 Å². The van der Waals surface area contributed by atoms with Gasteiger partial charge in [-0.15, -0.1) is 0 Å². The number of aryl methyl sites for hydroxylation is 1. The number of rotatable bonds is 12. The number of carbonyl (C=O) groups excluding carboxylic acids is 2. The SMILES string of the molecule is CCCNC(=O)[C@H](Cc1ccccc1)N(Cc1cccc(C)c1)C(=O)CN(c1ccc2c(c1)OCO2)S(C)(=O)=O. The molecule has 1 atom stereocenters. The molecule has 0 fully saturated rings. The molecule has 0 aliphatic carbocycles. The molecule has 3 aromatic rings. The number of carbonyl (C=O) groups is 2. The monoisotopic (exact) mass is 565 g/mol. The van der Waals surface area contributed by atoms with Crippen molar-refractivity contribution in [3.63, 3.8) is 0 Å². The summed E-state index contributed by atoms with van der Waals surface area (Å²) in [4.78, 5) is 29.1. The van der Waals surface area contributed by atoms with E-state index >= 15 is 0 Å². The van der Waals surface area contributed by atoms with Crippen LogP contribution in [0.1, 0.15) is 30.0 Å². The molecule has 9 nitrogen and oxygen atoms in total. The third-order valence-corrected chi connectivity index (χ3v) is 7.72. The maximum Gasteiger partial charge on any atom is 0.244 e. The Morgan fingerprint density at radius 3 is 2.38 bits per heavy atom. The van der Waals surface area contributed by atoms with Crippen molar-refractivity contribution in [2.45, 2.75) is 39.3 Å². The summed E-state index contributed by atoms with van der Waals surface area (Å²) in [5.41, 5.74) is 3.00. The number of ether oxygens (including phenoxy) is 2. The first-order valence-corrected chi connectivity index (χ1v) is 15.0. The zero-order valence-corrected chi connectivity index (χ0v) is 23.8. The molecular formula is C30H35N3O6S. The molecule has 0 bridgehead atoms. The molecule has 0 aromatic heterocycles. The summed E-state index contributed by atoms with van der Waals surface area (Å²) in [6.07, 6.45) is 2.06. The van der Waals surface area contributed by atoms with E-state index in [1.807, 2.05) is 68.4 Å². The molecule has 40 heavy (non-hydrogen) atoms. The van der Waals surface area contributed by atoms with E-state index in [2.05, 4.69) is 5.32 Å². The van der Waals surface area contributed by atoms with E-state index in [9.17, 15) is 18.0 Å². The molecule has 0 saturated carbocycles. The first kappa shape index (κ1) is 28.9. The number of anilines is 1. The first-order valence-electron chi connectivity index (χ1n) is 13.2. The van der Waals surface area contributed by atoms with E-state index in [1.54, 1.807) is 12.1 Å². The molecule has 10 heteroatoms. The highest BCUT2D eigenvalue weighted by molar-refractivity contribution is 7.92. The van der Waals surface area contributed by atoms with Gasteiger partial charge in [0.15, 0.2) is 11.5 Å². The fourth-order valence-corrected chi connectivity index (χ4v) is 5.42. The van der Waals surface area contributed by atoms with Crippen LogP contribution in [0.4, 0.5) is 5.69 Å². The van der Waals surface area contributed by atoms with Gasteiger partial charge in [0.25, 0.3) is 0 Å². The van der Waals surface area contributed by atoms with E-state index < -0.39 is 28.5 Å². The lowest BCUT2D eigenvalue weighted by Gasteiger charge is -2.33. The Morgan fingerprint density at radius 2 is 1.68 bits per heavy atom. The van der Waals surface area contributed by atoms with Crippen LogP contribution in [0.15, 0.2) is 72.8 Å². The molecule has 2 amide bonds. The third-order valence-electron chi connectivity index (χ3n) is 6.58. The van der Waals surface area contributed by atoms with Crippen molar-refractivity contribution < 1.29 is 27.5 Å². The van der Waals surface area contributed by atoms with Crippen molar-refractivity contribution in [3.8, 4) is 11.5 Å². The van der Waals surface area contributed by atoms with E-state index in [0.29, 0.717) is 18.0 Å². The Bertz CT molecular complexity index is 1440. The van der Waals surface area contributed by atoms with Gasteiger partial charge in [-0.05, 0) is 36.6 Å². The highest BCUT2D eigenvalue weighted by atomic mass is 32.2. The molecule has 0 spiro atoms. The minimum Gasteiger partial charge on any atom is -0.454 e. The first-order chi connectivity index (χ1) is 19.2. The maximum absolute atomic E-state index is 14.1. The molecule has 1 aliphatic heterocycles. The molecule has 1 N–H and O–H groups in total. The molecule has 3 aromatic carbocycles. The lowest BCUT2D eigenvalue weighted by Crippen LogP contribution is -2.53. The standard InChI is InChI=1S/C30H35N3O6S/c1-4-15-31-30(35)26(17-23-10-6-5-7-11-23)32(19-24-12-8-9-22(2)16-24)29(34)20-33(40(3,36)37)25-13-14-27-28(18-25)39-21-38-27/h5-14,16,18,26H,4,15,17,19-21H2,1-3H3,(H,31,35)/t26-/m0/s1. The van der Waals surface area contributed by atoms with Crippen molar-refractivity contribution in [1.82, 2.24) is 10.2 Å². The summed E-state index contributed by atoms with van der Waals surface area (Å²) in [6.45, 7) is 4.05. The van der Waals surface area contributed by atoms with Crippen molar-refractivity contribution in [3.05, 3.63) is 89.5 Å². The van der Waals surface area contributed by atoms with Gasteiger partial charge in [0.1, 0.15) is 12.6 Å². The lowest BCUT2D eigenvalue weighted by molar-refractivity contribution is -0.140. The van der Waals surface area contributed by atoms with E-state index in [1.165, 1.54) is 11.0 Å². The molecule has 1 aliphatic rings. The summed E-state index contributed by atoms with van der Waals surface area (Å²) in [7, 11) is -3.87. The number of hydrogen-bond donors (Lipinski definition) is 1. The smallest absolute Gasteiger partial charge is 0.244 e. The largest absolute Gasteiger partial charge is 0.454 e. The van der Waals surface area contributed by atoms with Crippen molar-refractivity contribution in [1.29, 1.82) is 0 Å². The lowest BCUT2D eigenvalue weighted by atomic mass is 10.0. The fraction of sp³-hybridized carbons (Fsp3) is 0.333. The zero-order chi connectivity index (χ0) is 28.7. The Morgan fingerprint density at radius 1 is 0.950 bits per heavy atom. The third kappa shape index (κ3) is 7.32. The van der Waals surface area contributed by atoms with Crippen molar-refractivity contribution in [2.24, 2.45) is 0 Å².